The topological polar surface area (TPSA) is 143 Å². The molecule has 0 aliphatic carbocycles. The number of piperidine rings is 3. The van der Waals surface area contributed by atoms with E-state index in [4.69, 9.17) is 26.1 Å². The Balaban J connectivity index is 0.000000143. The summed E-state index contributed by atoms with van der Waals surface area (Å²) in [4.78, 5) is 51.3. The molecule has 12 aromatic rings. The minimum absolute atomic E-state index is 0.00174. The standard InChI is InChI=1S/C31H31ClN4OS.C31H34FN3O2.C27H34FN3O2/c32-26-10-3-1-8-23(26)20-33-30(37)25-21-36(28-12-5-2-9-24(25)28)17-7-16-35-18-14-22(15-19-35)31-34-27-11-4-6-13-29(27)38-31;1-23-6-4-7-24(20-23)21-33-31(36)29-22-35(30-9-3-2-8-28(29)30)17-5-16-34-18-14-27(15-19-34)37-26-12-10-25(32)11-13-26;1-20(2)18-29-27(32)25-19-31(26-7-4-3-6-24(25)26)15-5-14-30-16-12-23(13-17-30)33-22-10-8-21(28)9-11-22/h1-6,8-13,21-22H,7,14-20H2,(H,33,37);2-4,6-13,20,22,27H,5,14-19,21H2,1H3,(H,33,36);3-4,6-11,19-20,23H,5,12-18H2,1-2H3,(H,29,32). The third-order valence-electron chi connectivity index (χ3n) is 20.9. The first-order valence-electron chi connectivity index (χ1n) is 38.4. The Labute approximate surface area is 641 Å². The van der Waals surface area contributed by atoms with Crippen LogP contribution in [0, 0.1) is 24.5 Å². The quantitative estimate of drug-likeness (QED) is 0.0483. The van der Waals surface area contributed by atoms with Crippen molar-refractivity contribution in [3.8, 4) is 11.5 Å². The molecule has 3 fully saturated rings. The van der Waals surface area contributed by atoms with E-state index in [2.05, 4.69) is 120 Å². The number of aromatic nitrogens is 4. The number of fused-ring (bicyclic) bond motifs is 4. The normalized spacial score (nSPS) is 14.9. The van der Waals surface area contributed by atoms with Gasteiger partial charge in [0, 0.05) is 128 Å². The van der Waals surface area contributed by atoms with Crippen LogP contribution in [0.15, 0.2) is 213 Å². The lowest BCUT2D eigenvalue weighted by molar-refractivity contribution is 0.0943. The lowest BCUT2D eigenvalue weighted by Gasteiger charge is -2.32. The number of rotatable bonds is 26. The zero-order valence-electron chi connectivity index (χ0n) is 62.2. The van der Waals surface area contributed by atoms with Gasteiger partial charge in [0.05, 0.1) is 31.9 Å². The van der Waals surface area contributed by atoms with Gasteiger partial charge in [0.15, 0.2) is 0 Å². The van der Waals surface area contributed by atoms with Gasteiger partial charge in [-0.15, -0.1) is 11.3 Å². The van der Waals surface area contributed by atoms with E-state index in [9.17, 15) is 23.2 Å². The molecule has 4 aromatic heterocycles. The number of para-hydroxylation sites is 4. The van der Waals surface area contributed by atoms with Crippen LogP contribution in [-0.2, 0) is 32.7 Å². The summed E-state index contributed by atoms with van der Waals surface area (Å²) in [6.45, 7) is 19.8. The first-order valence-corrected chi connectivity index (χ1v) is 39.6. The summed E-state index contributed by atoms with van der Waals surface area (Å²) in [7, 11) is 0. The Morgan fingerprint density at radius 3 is 1.38 bits per heavy atom. The summed E-state index contributed by atoms with van der Waals surface area (Å²) in [5.41, 5.74) is 9.83. The van der Waals surface area contributed by atoms with Gasteiger partial charge in [0.25, 0.3) is 17.7 Å². The number of aryl methyl sites for hydroxylation is 4. The van der Waals surface area contributed by atoms with Crippen molar-refractivity contribution in [2.45, 2.75) is 129 Å². The Morgan fingerprint density at radius 2 is 0.917 bits per heavy atom. The second-order valence-corrected chi connectivity index (χ2v) is 30.7. The number of thiazole rings is 1. The average Bonchev–Trinajstić information content (AvgIpc) is 1.65. The van der Waals surface area contributed by atoms with Gasteiger partial charge in [0.1, 0.15) is 35.3 Å². The second kappa shape index (κ2) is 37.4. The van der Waals surface area contributed by atoms with Gasteiger partial charge in [0.2, 0.25) is 0 Å². The Morgan fingerprint density at radius 1 is 0.491 bits per heavy atom. The van der Waals surface area contributed by atoms with Crippen LogP contribution in [0.5, 0.6) is 11.5 Å². The lowest BCUT2D eigenvalue weighted by atomic mass is 9.97. The number of nitrogens with one attached hydrogen (secondary N) is 3. The number of carbonyl (C=O) groups excluding carboxylic acids is 3. The monoisotopic (exact) mass is 1490 g/mol. The molecule has 0 radical (unpaired) electrons. The highest BCUT2D eigenvalue weighted by atomic mass is 35.5. The van der Waals surface area contributed by atoms with Gasteiger partial charge in [-0.2, -0.15) is 0 Å². The maximum atomic E-state index is 13.1. The average molecular weight is 1490 g/mol. The molecule has 3 aliphatic heterocycles. The summed E-state index contributed by atoms with van der Waals surface area (Å²) in [5, 5.41) is 14.1. The largest absolute Gasteiger partial charge is 0.490 e. The van der Waals surface area contributed by atoms with E-state index in [0.717, 1.165) is 195 Å². The zero-order chi connectivity index (χ0) is 74.7. The van der Waals surface area contributed by atoms with Crippen LogP contribution in [0.2, 0.25) is 5.02 Å². The fraction of sp³-hybridized carbons (Fsp3) is 0.348. The molecule has 0 unspecified atom stereocenters. The SMILES string of the molecule is CC(C)CNC(=O)c1cn(CCCN2CCC(Oc3ccc(F)cc3)CC2)c2ccccc12.Cc1cccc(CNC(=O)c2cn(CCCN3CCC(Oc4ccc(F)cc4)CC3)c3ccccc23)c1.O=C(NCc1ccccc1Cl)c1cn(CCCN2CCC(c3nc4ccccc4s3)CC2)c2ccccc12. The van der Waals surface area contributed by atoms with E-state index in [-0.39, 0.29) is 41.6 Å². The maximum Gasteiger partial charge on any atom is 0.253 e. The number of benzene rings is 8. The van der Waals surface area contributed by atoms with Gasteiger partial charge in [-0.1, -0.05) is 140 Å². The number of carbonyl (C=O) groups is 3. The van der Waals surface area contributed by atoms with E-state index in [1.807, 2.05) is 121 Å². The Kier molecular flexibility index (Phi) is 26.5. The minimum atomic E-state index is -0.243. The Hall–Kier alpha value is -9.69. The summed E-state index contributed by atoms with van der Waals surface area (Å²) >= 11 is 8.12. The van der Waals surface area contributed by atoms with Crippen molar-refractivity contribution in [3.05, 3.63) is 268 Å². The summed E-state index contributed by atoms with van der Waals surface area (Å²) in [5.74, 6) is 1.87. The molecule has 3 N–H and O–H groups in total. The molecule has 0 atom stereocenters. The number of hydrogen-bond acceptors (Lipinski definition) is 10. The van der Waals surface area contributed by atoms with Gasteiger partial charge in [-0.3, -0.25) is 14.4 Å². The molecule has 0 spiro atoms. The van der Waals surface area contributed by atoms with Crippen molar-refractivity contribution in [1.82, 2.24) is 49.3 Å². The number of nitrogens with zero attached hydrogens (tertiary/aromatic N) is 7. The molecule has 3 aliphatic rings. The molecule has 562 valence electrons. The predicted molar refractivity (Wildman–Crippen MR) is 433 cm³/mol. The molecular formula is C89H99ClF2N10O5S. The van der Waals surface area contributed by atoms with Crippen LogP contribution in [0.25, 0.3) is 42.9 Å². The predicted octanol–water partition coefficient (Wildman–Crippen LogP) is 18.2. The van der Waals surface area contributed by atoms with Gasteiger partial charge >= 0.3 is 0 Å². The van der Waals surface area contributed by atoms with Crippen molar-refractivity contribution >= 4 is 83.6 Å². The third kappa shape index (κ3) is 20.6. The molecule has 15 rings (SSSR count). The highest BCUT2D eigenvalue weighted by Gasteiger charge is 2.26. The van der Waals surface area contributed by atoms with E-state index in [1.54, 1.807) is 24.3 Å². The van der Waals surface area contributed by atoms with E-state index < -0.39 is 0 Å². The number of amides is 3. The van der Waals surface area contributed by atoms with Crippen molar-refractivity contribution in [2.24, 2.45) is 5.92 Å². The fourth-order valence-electron chi connectivity index (χ4n) is 15.0. The second-order valence-electron chi connectivity index (χ2n) is 29.2. The first kappa shape index (κ1) is 76.5. The Bertz CT molecular complexity index is 4900. The van der Waals surface area contributed by atoms with Crippen LogP contribution in [0.1, 0.15) is 130 Å². The zero-order valence-corrected chi connectivity index (χ0v) is 63.8. The summed E-state index contributed by atoms with van der Waals surface area (Å²) < 4.78 is 46.1. The van der Waals surface area contributed by atoms with Crippen molar-refractivity contribution in [3.63, 3.8) is 0 Å². The molecular weight excluding hydrogens is 1390 g/mol. The third-order valence-corrected chi connectivity index (χ3v) is 22.4. The van der Waals surface area contributed by atoms with Crippen molar-refractivity contribution in [2.75, 3.05) is 65.4 Å². The lowest BCUT2D eigenvalue weighted by Crippen LogP contribution is -2.38. The molecule has 3 saturated heterocycles. The van der Waals surface area contributed by atoms with E-state index >= 15 is 0 Å². The summed E-state index contributed by atoms with van der Waals surface area (Å²) in [6, 6.07) is 61.2. The van der Waals surface area contributed by atoms with Crippen molar-refractivity contribution in [1.29, 1.82) is 0 Å². The maximum absolute atomic E-state index is 13.1. The van der Waals surface area contributed by atoms with Crippen molar-refractivity contribution < 1.29 is 32.6 Å². The molecule has 0 saturated carbocycles. The highest BCUT2D eigenvalue weighted by molar-refractivity contribution is 7.18. The molecule has 0 bridgehead atoms. The molecule has 8 aromatic carbocycles. The van der Waals surface area contributed by atoms with Crippen LogP contribution >= 0.6 is 22.9 Å². The summed E-state index contributed by atoms with van der Waals surface area (Å²) in [6.07, 6.45) is 15.7. The molecule has 19 heteroatoms. The number of ether oxygens (including phenoxy) is 2. The fourth-order valence-corrected chi connectivity index (χ4v) is 16.4. The van der Waals surface area contributed by atoms with Crippen LogP contribution in [-0.4, -0.2) is 129 Å². The van der Waals surface area contributed by atoms with Gasteiger partial charge in [-0.25, -0.2) is 13.8 Å². The molecule has 7 heterocycles. The molecule has 15 nitrogen and oxygen atoms in total. The molecule has 3 amide bonds. The van der Waals surface area contributed by atoms with E-state index in [1.165, 1.54) is 52.4 Å². The number of hydrogen-bond donors (Lipinski definition) is 3. The number of likely N-dealkylation sites (tertiary alicyclic amines) is 3. The van der Waals surface area contributed by atoms with Gasteiger partial charge in [-0.05, 0) is 199 Å². The highest BCUT2D eigenvalue weighted by Crippen LogP contribution is 2.35. The smallest absolute Gasteiger partial charge is 0.253 e. The molecule has 108 heavy (non-hydrogen) atoms. The van der Waals surface area contributed by atoms with Crippen LogP contribution in [0.3, 0.4) is 0 Å². The van der Waals surface area contributed by atoms with Gasteiger partial charge < -0.3 is 53.8 Å². The first-order chi connectivity index (χ1) is 52.7. The number of halogens is 3. The minimum Gasteiger partial charge on any atom is -0.490 e. The van der Waals surface area contributed by atoms with E-state index in [0.29, 0.717) is 42.1 Å². The van der Waals surface area contributed by atoms with Crippen LogP contribution in [0.4, 0.5) is 8.78 Å². The van der Waals surface area contributed by atoms with Crippen LogP contribution < -0.4 is 25.4 Å².